The van der Waals surface area contributed by atoms with Crippen molar-refractivity contribution in [2.24, 2.45) is 0 Å². The van der Waals surface area contributed by atoms with Crippen molar-refractivity contribution in [2.75, 3.05) is 26.0 Å². The highest BCUT2D eigenvalue weighted by Gasteiger charge is 2.20. The van der Waals surface area contributed by atoms with Crippen LogP contribution >= 0.6 is 15.9 Å². The van der Waals surface area contributed by atoms with Gasteiger partial charge in [0.15, 0.2) is 6.61 Å². The number of nitrogens with zero attached hydrogens (tertiary/aromatic N) is 1. The van der Waals surface area contributed by atoms with E-state index in [-0.39, 0.29) is 23.8 Å². The molecule has 0 unspecified atom stereocenters. The minimum absolute atomic E-state index is 0.0657. The van der Waals surface area contributed by atoms with Gasteiger partial charge in [-0.2, -0.15) is 0 Å². The topological polar surface area (TPSA) is 58.6 Å². The highest BCUT2D eigenvalue weighted by molar-refractivity contribution is 9.10. The van der Waals surface area contributed by atoms with E-state index in [1.54, 1.807) is 19.0 Å². The fourth-order valence-electron chi connectivity index (χ4n) is 2.78. The van der Waals surface area contributed by atoms with E-state index in [9.17, 15) is 9.59 Å². The van der Waals surface area contributed by atoms with Crippen molar-refractivity contribution in [3.63, 3.8) is 0 Å². The van der Waals surface area contributed by atoms with Crippen LogP contribution in [0.2, 0.25) is 0 Å². The van der Waals surface area contributed by atoms with E-state index >= 15 is 0 Å². The van der Waals surface area contributed by atoms with Crippen LogP contribution in [0, 0.1) is 0 Å². The standard InChI is InChI=1S/C23H29BrN2O3/c1-23(2,3)19-14-17(24)9-12-20(19)29-15-21(27)25-18-10-6-16(7-11-18)8-13-22(28)26(4)5/h6-7,9-12,14H,8,13,15H2,1-5H3,(H,25,27). The first-order valence-electron chi connectivity index (χ1n) is 9.58. The normalized spacial score (nSPS) is 11.1. The summed E-state index contributed by atoms with van der Waals surface area (Å²) in [5, 5.41) is 2.84. The Hall–Kier alpha value is -2.34. The van der Waals surface area contributed by atoms with E-state index in [1.165, 1.54) is 0 Å². The molecule has 29 heavy (non-hydrogen) atoms. The zero-order chi connectivity index (χ0) is 21.6. The molecule has 2 rings (SSSR count). The molecule has 5 nitrogen and oxygen atoms in total. The third-order valence-electron chi connectivity index (χ3n) is 4.47. The van der Waals surface area contributed by atoms with Gasteiger partial charge in [-0.15, -0.1) is 0 Å². The molecule has 0 aliphatic heterocycles. The van der Waals surface area contributed by atoms with E-state index in [4.69, 9.17) is 4.74 Å². The van der Waals surface area contributed by atoms with Gasteiger partial charge in [-0.3, -0.25) is 9.59 Å². The number of carbonyl (C=O) groups is 2. The minimum Gasteiger partial charge on any atom is -0.483 e. The Morgan fingerprint density at radius 1 is 1.07 bits per heavy atom. The van der Waals surface area contributed by atoms with E-state index in [0.29, 0.717) is 24.3 Å². The van der Waals surface area contributed by atoms with Crippen LogP contribution < -0.4 is 10.1 Å². The van der Waals surface area contributed by atoms with Crippen LogP contribution in [0.4, 0.5) is 5.69 Å². The molecule has 0 spiro atoms. The second-order valence-corrected chi connectivity index (χ2v) is 9.13. The predicted molar refractivity (Wildman–Crippen MR) is 120 cm³/mol. The van der Waals surface area contributed by atoms with Crippen molar-refractivity contribution >= 4 is 33.4 Å². The molecule has 156 valence electrons. The number of anilines is 1. The molecule has 0 aliphatic rings. The Balaban J connectivity index is 1.91. The van der Waals surface area contributed by atoms with Crippen molar-refractivity contribution in [2.45, 2.75) is 39.0 Å². The maximum Gasteiger partial charge on any atom is 0.262 e. The molecule has 0 heterocycles. The third kappa shape index (κ3) is 7.20. The van der Waals surface area contributed by atoms with E-state index in [2.05, 4.69) is 42.0 Å². The highest BCUT2D eigenvalue weighted by atomic mass is 79.9. The van der Waals surface area contributed by atoms with Gasteiger partial charge in [0.05, 0.1) is 0 Å². The van der Waals surface area contributed by atoms with Gasteiger partial charge in [-0.25, -0.2) is 0 Å². The summed E-state index contributed by atoms with van der Waals surface area (Å²) in [5.74, 6) is 0.585. The molecular weight excluding hydrogens is 432 g/mol. The van der Waals surface area contributed by atoms with Gasteiger partial charge in [0.1, 0.15) is 5.75 Å². The molecule has 0 saturated heterocycles. The summed E-state index contributed by atoms with van der Waals surface area (Å²) in [5.41, 5.74) is 2.70. The van der Waals surface area contributed by atoms with Crippen molar-refractivity contribution in [3.05, 3.63) is 58.1 Å². The fourth-order valence-corrected chi connectivity index (χ4v) is 3.15. The molecule has 2 aromatic carbocycles. The number of halogens is 1. The number of carbonyl (C=O) groups excluding carboxylic acids is 2. The Kier molecular flexibility index (Phi) is 7.85. The Morgan fingerprint density at radius 2 is 1.72 bits per heavy atom. The van der Waals surface area contributed by atoms with Gasteiger partial charge < -0.3 is 15.0 Å². The Labute approximate surface area is 181 Å². The Bertz CT molecular complexity index is 855. The van der Waals surface area contributed by atoms with Crippen molar-refractivity contribution in [1.82, 2.24) is 4.90 Å². The second kappa shape index (κ2) is 9.92. The molecule has 0 bridgehead atoms. The van der Waals surface area contributed by atoms with Gasteiger partial charge in [-0.1, -0.05) is 48.8 Å². The zero-order valence-electron chi connectivity index (χ0n) is 17.7. The lowest BCUT2D eigenvalue weighted by molar-refractivity contribution is -0.128. The number of ether oxygens (including phenoxy) is 1. The summed E-state index contributed by atoms with van der Waals surface area (Å²) in [6.45, 7) is 6.25. The molecule has 1 N–H and O–H groups in total. The average Bonchev–Trinajstić information content (AvgIpc) is 2.65. The summed E-state index contributed by atoms with van der Waals surface area (Å²) in [6, 6.07) is 13.3. The zero-order valence-corrected chi connectivity index (χ0v) is 19.3. The number of benzene rings is 2. The first-order valence-corrected chi connectivity index (χ1v) is 10.4. The summed E-state index contributed by atoms with van der Waals surface area (Å²) >= 11 is 3.49. The Morgan fingerprint density at radius 3 is 2.31 bits per heavy atom. The highest BCUT2D eigenvalue weighted by Crippen LogP contribution is 2.33. The number of amides is 2. The molecule has 0 radical (unpaired) electrons. The van der Waals surface area contributed by atoms with Crippen LogP contribution in [0.5, 0.6) is 5.75 Å². The van der Waals surface area contributed by atoms with Crippen molar-refractivity contribution in [1.29, 1.82) is 0 Å². The summed E-state index contributed by atoms with van der Waals surface area (Å²) in [6.07, 6.45) is 1.14. The predicted octanol–water partition coefficient (Wildman–Crippen LogP) is 4.78. The molecule has 6 heteroatoms. The number of hydrogen-bond acceptors (Lipinski definition) is 3. The van der Waals surface area contributed by atoms with E-state index in [1.807, 2.05) is 42.5 Å². The average molecular weight is 461 g/mol. The number of hydrogen-bond donors (Lipinski definition) is 1. The van der Waals surface area contributed by atoms with E-state index in [0.717, 1.165) is 15.6 Å². The fraction of sp³-hybridized carbons (Fsp3) is 0.391. The lowest BCUT2D eigenvalue weighted by atomic mass is 9.86. The lowest BCUT2D eigenvalue weighted by Gasteiger charge is -2.23. The quantitative estimate of drug-likeness (QED) is 0.646. The maximum atomic E-state index is 12.3. The van der Waals surface area contributed by atoms with Gasteiger partial charge in [0, 0.05) is 36.2 Å². The van der Waals surface area contributed by atoms with Crippen LogP contribution in [0.3, 0.4) is 0 Å². The first kappa shape index (κ1) is 22.9. The molecular formula is C23H29BrN2O3. The number of rotatable bonds is 7. The molecule has 0 aliphatic carbocycles. The van der Waals surface area contributed by atoms with Gasteiger partial charge >= 0.3 is 0 Å². The molecule has 2 aromatic rings. The first-order chi connectivity index (χ1) is 13.6. The van der Waals surface area contributed by atoms with Crippen LogP contribution in [0.1, 0.15) is 38.3 Å². The van der Waals surface area contributed by atoms with Gasteiger partial charge in [0.25, 0.3) is 5.91 Å². The minimum atomic E-state index is -0.219. The molecule has 0 aromatic heterocycles. The molecule has 0 saturated carbocycles. The smallest absolute Gasteiger partial charge is 0.262 e. The van der Waals surface area contributed by atoms with Crippen molar-refractivity contribution in [3.8, 4) is 5.75 Å². The number of aryl methyl sites for hydroxylation is 1. The van der Waals surface area contributed by atoms with Crippen LogP contribution in [0.25, 0.3) is 0 Å². The summed E-state index contributed by atoms with van der Waals surface area (Å²) in [4.78, 5) is 25.6. The lowest BCUT2D eigenvalue weighted by Crippen LogP contribution is -2.22. The largest absolute Gasteiger partial charge is 0.483 e. The SMILES string of the molecule is CN(C)C(=O)CCc1ccc(NC(=O)COc2ccc(Br)cc2C(C)(C)C)cc1. The second-order valence-electron chi connectivity index (χ2n) is 8.21. The van der Waals surface area contributed by atoms with Crippen molar-refractivity contribution < 1.29 is 14.3 Å². The van der Waals surface area contributed by atoms with Crippen LogP contribution in [-0.4, -0.2) is 37.4 Å². The molecule has 2 amide bonds. The third-order valence-corrected chi connectivity index (χ3v) is 4.97. The van der Waals surface area contributed by atoms with Gasteiger partial charge in [0.2, 0.25) is 5.91 Å². The maximum absolute atomic E-state index is 12.3. The van der Waals surface area contributed by atoms with Gasteiger partial charge in [-0.05, 0) is 47.7 Å². The van der Waals surface area contributed by atoms with Crippen LogP contribution in [-0.2, 0) is 21.4 Å². The number of nitrogens with one attached hydrogen (secondary N) is 1. The summed E-state index contributed by atoms with van der Waals surface area (Å²) in [7, 11) is 3.50. The molecule has 0 fully saturated rings. The van der Waals surface area contributed by atoms with E-state index < -0.39 is 0 Å². The monoisotopic (exact) mass is 460 g/mol. The summed E-state index contributed by atoms with van der Waals surface area (Å²) < 4.78 is 6.77. The molecule has 0 atom stereocenters. The van der Waals surface area contributed by atoms with Crippen LogP contribution in [0.15, 0.2) is 46.9 Å².